The number of hydrogen-bond acceptors (Lipinski definition) is 7. The first-order valence-corrected chi connectivity index (χ1v) is 10.1. The van der Waals surface area contributed by atoms with Gasteiger partial charge in [0.15, 0.2) is 0 Å². The van der Waals surface area contributed by atoms with E-state index in [0.29, 0.717) is 11.5 Å². The van der Waals surface area contributed by atoms with Gasteiger partial charge >= 0.3 is 12.1 Å². The minimum atomic E-state index is -0.706. The molecule has 1 aromatic heterocycles. The van der Waals surface area contributed by atoms with E-state index < -0.39 is 41.3 Å². The van der Waals surface area contributed by atoms with Gasteiger partial charge in [-0.1, -0.05) is 0 Å². The maximum atomic E-state index is 14.7. The fraction of sp³-hybridized carbons (Fsp3) is 0.455. The smallest absolute Gasteiger partial charge is 0.407 e. The molecule has 32 heavy (non-hydrogen) atoms. The van der Waals surface area contributed by atoms with Gasteiger partial charge in [0.1, 0.15) is 17.2 Å². The van der Waals surface area contributed by atoms with Crippen LogP contribution in [0.1, 0.15) is 48.2 Å². The second-order valence-electron chi connectivity index (χ2n) is 8.65. The SMILES string of the molecule is COC(=O)c1cnc(N2CC(NC(=O)OC(C)(C)C)C(c3cc(C)c(F)cc3F)C2)nc1. The maximum Gasteiger partial charge on any atom is 0.407 e. The molecule has 172 valence electrons. The first-order chi connectivity index (χ1) is 15.0. The summed E-state index contributed by atoms with van der Waals surface area (Å²) in [6.45, 7) is 7.30. The highest BCUT2D eigenvalue weighted by Gasteiger charge is 2.38. The summed E-state index contributed by atoms with van der Waals surface area (Å²) < 4.78 is 38.5. The number of methoxy groups -OCH3 is 1. The highest BCUT2D eigenvalue weighted by molar-refractivity contribution is 5.88. The normalized spacial score (nSPS) is 18.4. The van der Waals surface area contributed by atoms with Crippen molar-refractivity contribution in [1.29, 1.82) is 0 Å². The van der Waals surface area contributed by atoms with Crippen LogP contribution in [0.5, 0.6) is 0 Å². The standard InChI is InChI=1S/C22H26F2N4O4/c1-12-6-14(17(24)7-16(12)23)15-10-28(11-18(15)27-21(30)32-22(2,3)4)20-25-8-13(9-26-20)19(29)31-5/h6-9,15,18H,10-11H2,1-5H3,(H,27,30). The Morgan fingerprint density at radius 3 is 2.38 bits per heavy atom. The fourth-order valence-electron chi connectivity index (χ4n) is 3.56. The lowest BCUT2D eigenvalue weighted by atomic mass is 9.92. The van der Waals surface area contributed by atoms with Crippen LogP contribution in [-0.2, 0) is 9.47 Å². The number of nitrogens with zero attached hydrogens (tertiary/aromatic N) is 3. The molecule has 0 radical (unpaired) electrons. The topological polar surface area (TPSA) is 93.7 Å². The van der Waals surface area contributed by atoms with E-state index in [-0.39, 0.29) is 24.2 Å². The quantitative estimate of drug-likeness (QED) is 0.717. The predicted octanol–water partition coefficient (Wildman–Crippen LogP) is 3.35. The molecule has 1 aliphatic rings. The number of nitrogens with one attached hydrogen (secondary N) is 1. The molecule has 1 fully saturated rings. The van der Waals surface area contributed by atoms with Crippen LogP contribution in [0.15, 0.2) is 24.5 Å². The molecule has 2 atom stereocenters. The van der Waals surface area contributed by atoms with Crippen LogP contribution in [0, 0.1) is 18.6 Å². The van der Waals surface area contributed by atoms with Gasteiger partial charge < -0.3 is 19.7 Å². The average molecular weight is 448 g/mol. The van der Waals surface area contributed by atoms with E-state index in [1.165, 1.54) is 25.6 Å². The molecule has 1 saturated heterocycles. The highest BCUT2D eigenvalue weighted by Crippen LogP contribution is 2.32. The van der Waals surface area contributed by atoms with Gasteiger partial charge in [-0.15, -0.1) is 0 Å². The molecule has 2 heterocycles. The molecule has 0 bridgehead atoms. The molecule has 3 rings (SSSR count). The van der Waals surface area contributed by atoms with Crippen molar-refractivity contribution >= 4 is 18.0 Å². The zero-order valence-corrected chi connectivity index (χ0v) is 18.6. The molecule has 8 nitrogen and oxygen atoms in total. The number of carbonyl (C=O) groups excluding carboxylic acids is 2. The summed E-state index contributed by atoms with van der Waals surface area (Å²) in [5.74, 6) is -2.11. The van der Waals surface area contributed by atoms with Crippen molar-refractivity contribution in [3.63, 3.8) is 0 Å². The molecule has 0 spiro atoms. The number of rotatable bonds is 4. The molecule has 1 aliphatic heterocycles. The van der Waals surface area contributed by atoms with Crippen LogP contribution in [0.4, 0.5) is 19.5 Å². The van der Waals surface area contributed by atoms with Gasteiger partial charge in [0.2, 0.25) is 5.95 Å². The lowest BCUT2D eigenvalue weighted by molar-refractivity contribution is 0.0503. The van der Waals surface area contributed by atoms with Crippen molar-refractivity contribution in [3.05, 3.63) is 52.9 Å². The second kappa shape index (κ2) is 9.05. The van der Waals surface area contributed by atoms with E-state index >= 15 is 0 Å². The van der Waals surface area contributed by atoms with Crippen LogP contribution >= 0.6 is 0 Å². The Morgan fingerprint density at radius 1 is 1.12 bits per heavy atom. The highest BCUT2D eigenvalue weighted by atomic mass is 19.1. The first-order valence-electron chi connectivity index (χ1n) is 10.1. The molecule has 2 unspecified atom stereocenters. The van der Waals surface area contributed by atoms with Crippen molar-refractivity contribution in [2.45, 2.75) is 45.3 Å². The number of aryl methyl sites for hydroxylation is 1. The van der Waals surface area contributed by atoms with E-state index in [1.54, 1.807) is 32.6 Å². The summed E-state index contributed by atoms with van der Waals surface area (Å²) in [6.07, 6.45) is 2.02. The third-order valence-corrected chi connectivity index (χ3v) is 5.04. The number of aromatic nitrogens is 2. The summed E-state index contributed by atoms with van der Waals surface area (Å²) in [7, 11) is 1.26. The van der Waals surface area contributed by atoms with Crippen molar-refractivity contribution in [2.75, 3.05) is 25.1 Å². The van der Waals surface area contributed by atoms with Gasteiger partial charge in [-0.25, -0.2) is 28.3 Å². The van der Waals surface area contributed by atoms with Gasteiger partial charge in [-0.05, 0) is 44.9 Å². The molecule has 10 heteroatoms. The molecule has 1 aromatic carbocycles. The van der Waals surface area contributed by atoms with E-state index in [2.05, 4.69) is 20.0 Å². The second-order valence-corrected chi connectivity index (χ2v) is 8.65. The summed E-state index contributed by atoms with van der Waals surface area (Å²) in [5.41, 5.74) is 0.0615. The van der Waals surface area contributed by atoms with Gasteiger partial charge in [-0.3, -0.25) is 0 Å². The summed E-state index contributed by atoms with van der Waals surface area (Å²) >= 11 is 0. The predicted molar refractivity (Wildman–Crippen MR) is 113 cm³/mol. The minimum absolute atomic E-state index is 0.190. The fourth-order valence-corrected chi connectivity index (χ4v) is 3.56. The van der Waals surface area contributed by atoms with Crippen LogP contribution in [0.3, 0.4) is 0 Å². The number of esters is 1. The van der Waals surface area contributed by atoms with Crippen molar-refractivity contribution in [3.8, 4) is 0 Å². The van der Waals surface area contributed by atoms with Crippen molar-refractivity contribution in [1.82, 2.24) is 15.3 Å². The van der Waals surface area contributed by atoms with Crippen molar-refractivity contribution in [2.24, 2.45) is 0 Å². The largest absolute Gasteiger partial charge is 0.465 e. The van der Waals surface area contributed by atoms with Crippen LogP contribution in [0.25, 0.3) is 0 Å². The minimum Gasteiger partial charge on any atom is -0.465 e. The van der Waals surface area contributed by atoms with Crippen molar-refractivity contribution < 1.29 is 27.8 Å². The monoisotopic (exact) mass is 448 g/mol. The number of amides is 1. The maximum absolute atomic E-state index is 14.7. The number of anilines is 1. The Kier molecular flexibility index (Phi) is 6.61. The lowest BCUT2D eigenvalue weighted by Gasteiger charge is -2.24. The third-order valence-electron chi connectivity index (χ3n) is 5.04. The molecular weight excluding hydrogens is 422 g/mol. The van der Waals surface area contributed by atoms with Crippen LogP contribution in [-0.4, -0.2) is 53.9 Å². The van der Waals surface area contributed by atoms with Gasteiger partial charge in [-0.2, -0.15) is 0 Å². The van der Waals surface area contributed by atoms with Crippen LogP contribution in [0.2, 0.25) is 0 Å². The Morgan fingerprint density at radius 2 is 1.78 bits per heavy atom. The number of alkyl carbamates (subject to hydrolysis) is 1. The number of hydrogen-bond donors (Lipinski definition) is 1. The van der Waals surface area contributed by atoms with E-state index in [0.717, 1.165) is 6.07 Å². The Bertz CT molecular complexity index is 1010. The zero-order valence-electron chi connectivity index (χ0n) is 18.6. The van der Waals surface area contributed by atoms with Gasteiger partial charge in [0.25, 0.3) is 0 Å². The molecular formula is C22H26F2N4O4. The summed E-state index contributed by atoms with van der Waals surface area (Å²) in [4.78, 5) is 34.2. The molecule has 1 N–H and O–H groups in total. The van der Waals surface area contributed by atoms with Gasteiger partial charge in [0, 0.05) is 37.5 Å². The van der Waals surface area contributed by atoms with E-state index in [4.69, 9.17) is 4.74 Å². The average Bonchev–Trinajstić information content (AvgIpc) is 3.12. The first kappa shape index (κ1) is 23.4. The number of halogens is 2. The number of benzene rings is 1. The Balaban J connectivity index is 1.89. The third kappa shape index (κ3) is 5.30. The molecule has 2 aromatic rings. The summed E-state index contributed by atoms with van der Waals surface area (Å²) in [5, 5.41) is 2.79. The number of carbonyl (C=O) groups is 2. The molecule has 0 saturated carbocycles. The van der Waals surface area contributed by atoms with Gasteiger partial charge in [0.05, 0.1) is 18.7 Å². The van der Waals surface area contributed by atoms with E-state index in [1.807, 2.05) is 0 Å². The molecule has 1 amide bonds. The van der Waals surface area contributed by atoms with Crippen LogP contribution < -0.4 is 10.2 Å². The molecule has 0 aliphatic carbocycles. The number of ether oxygens (including phenoxy) is 2. The zero-order chi connectivity index (χ0) is 23.6. The lowest BCUT2D eigenvalue weighted by Crippen LogP contribution is -2.43. The Labute approximate surface area is 184 Å². The summed E-state index contributed by atoms with van der Waals surface area (Å²) in [6, 6.07) is 1.75. The van der Waals surface area contributed by atoms with E-state index in [9.17, 15) is 18.4 Å². The Hall–Kier alpha value is -3.30.